The van der Waals surface area contributed by atoms with Crippen LogP contribution in [0.1, 0.15) is 10.5 Å². The van der Waals surface area contributed by atoms with Gasteiger partial charge in [-0.25, -0.2) is 4.98 Å². The minimum atomic E-state index is -0.634. The average Bonchev–Trinajstić information content (AvgIpc) is 3.19. The van der Waals surface area contributed by atoms with Crippen LogP contribution in [0.5, 0.6) is 17.2 Å². The number of phenols is 3. The molecule has 0 aliphatic rings. The number of pyridine rings is 1. The third-order valence-corrected chi connectivity index (χ3v) is 5.13. The minimum Gasteiger partial charge on any atom is -0.504 e. The van der Waals surface area contributed by atoms with Crippen LogP contribution in [0, 0.1) is 0 Å². The summed E-state index contributed by atoms with van der Waals surface area (Å²) in [5, 5.41) is 28.9. The number of phenolic OH excluding ortho intramolecular Hbond substituents is 3. The Hall–Kier alpha value is -3.24. The van der Waals surface area contributed by atoms with Gasteiger partial charge in [0.25, 0.3) is 5.91 Å². The summed E-state index contributed by atoms with van der Waals surface area (Å²) in [5.41, 5.74) is 4.73. The van der Waals surface area contributed by atoms with Crippen LogP contribution in [-0.2, 0) is 0 Å². The Balaban J connectivity index is 0.00000193. The van der Waals surface area contributed by atoms with E-state index in [1.54, 1.807) is 6.07 Å². The van der Waals surface area contributed by atoms with E-state index in [0.717, 1.165) is 16.9 Å². The molecule has 0 spiro atoms. The van der Waals surface area contributed by atoms with Gasteiger partial charge in [0, 0.05) is 44.5 Å². The molecule has 174 valence electrons. The number of carbonyl (C=O) groups is 1. The second-order valence-corrected chi connectivity index (χ2v) is 7.45. The summed E-state index contributed by atoms with van der Waals surface area (Å²) in [6.45, 7) is 0. The minimum absolute atomic E-state index is 0. The highest BCUT2D eigenvalue weighted by atomic mass is 79.9. The van der Waals surface area contributed by atoms with Crippen molar-refractivity contribution in [2.45, 2.75) is 0 Å². The number of hydrogen-bond donors (Lipinski definition) is 4. The summed E-state index contributed by atoms with van der Waals surface area (Å²) in [5.74, 6) is -2.05. The number of H-pyrrole nitrogens is 1. The van der Waals surface area contributed by atoms with E-state index in [1.807, 2.05) is 55.4 Å². The number of nitrogens with zero attached hydrogens (tertiary/aromatic N) is 3. The molecule has 0 atom stereocenters. The third kappa shape index (κ3) is 5.07. The first-order valence-corrected chi connectivity index (χ1v) is 9.55. The maximum absolute atomic E-state index is 12.9. The van der Waals surface area contributed by atoms with Crippen LogP contribution >= 0.6 is 34.0 Å². The maximum atomic E-state index is 12.9. The van der Waals surface area contributed by atoms with Gasteiger partial charge in [-0.2, -0.15) is 0 Å². The number of rotatable bonds is 4. The molecular weight excluding hydrogens is 556 g/mol. The molecule has 10 heteroatoms. The van der Waals surface area contributed by atoms with Crippen molar-refractivity contribution in [2.24, 2.45) is 0 Å². The maximum Gasteiger partial charge on any atom is 0.274 e. The van der Waals surface area contributed by atoms with Crippen LogP contribution in [0.2, 0.25) is 0 Å². The van der Waals surface area contributed by atoms with Gasteiger partial charge in [0.05, 0.1) is 22.4 Å². The predicted octanol–water partition coefficient (Wildman–Crippen LogP) is 4.85. The van der Waals surface area contributed by atoms with E-state index in [-0.39, 0.29) is 45.6 Å². The second kappa shape index (κ2) is 10.1. The van der Waals surface area contributed by atoms with Gasteiger partial charge in [0.15, 0.2) is 17.2 Å². The quantitative estimate of drug-likeness (QED) is 0.257. The fourth-order valence-electron chi connectivity index (χ4n) is 3.30. The Morgan fingerprint density at radius 3 is 2.03 bits per heavy atom. The van der Waals surface area contributed by atoms with Gasteiger partial charge in [0.2, 0.25) is 0 Å². The van der Waals surface area contributed by atoms with Gasteiger partial charge in [0.1, 0.15) is 5.69 Å². The van der Waals surface area contributed by atoms with Crippen molar-refractivity contribution in [3.8, 4) is 28.5 Å². The Morgan fingerprint density at radius 1 is 0.848 bits per heavy atom. The lowest BCUT2D eigenvalue weighted by molar-refractivity contribution is 0.0989. The molecule has 0 radical (unpaired) electrons. The standard InChI is InChI=1S/C23H22N4O4.2BrH/c1-26(2)14-6-4-13(5-7-14)16-8-9-17-18(24-16)12-19(25-17)23(31)27(3)15-10-20(28)22(30)21(29)11-15;;/h4-12,25,28-30H,1-3H3;2*1H. The van der Waals surface area contributed by atoms with Gasteiger partial charge in [-0.3, -0.25) is 4.79 Å². The fourth-order valence-corrected chi connectivity index (χ4v) is 3.30. The number of aromatic nitrogens is 2. The highest BCUT2D eigenvalue weighted by molar-refractivity contribution is 8.93. The largest absolute Gasteiger partial charge is 0.504 e. The molecule has 0 aliphatic heterocycles. The lowest BCUT2D eigenvalue weighted by Crippen LogP contribution is -2.26. The highest BCUT2D eigenvalue weighted by Crippen LogP contribution is 2.38. The molecule has 33 heavy (non-hydrogen) atoms. The number of fused-ring (bicyclic) bond motifs is 1. The number of benzene rings is 2. The van der Waals surface area contributed by atoms with E-state index in [2.05, 4.69) is 9.97 Å². The number of nitrogens with one attached hydrogen (secondary N) is 1. The predicted molar refractivity (Wildman–Crippen MR) is 141 cm³/mol. The molecule has 1 amide bonds. The Bertz CT molecular complexity index is 1270. The zero-order valence-electron chi connectivity index (χ0n) is 18.1. The molecule has 0 aliphatic carbocycles. The highest BCUT2D eigenvalue weighted by Gasteiger charge is 2.19. The molecule has 0 bridgehead atoms. The molecule has 2 heterocycles. The van der Waals surface area contributed by atoms with Gasteiger partial charge in [-0.1, -0.05) is 12.1 Å². The Labute approximate surface area is 211 Å². The molecule has 4 rings (SSSR count). The lowest BCUT2D eigenvalue weighted by Gasteiger charge is -2.17. The zero-order valence-corrected chi connectivity index (χ0v) is 21.5. The number of aromatic hydroxyl groups is 3. The molecule has 4 aromatic rings. The summed E-state index contributed by atoms with van der Waals surface area (Å²) in [7, 11) is 5.47. The van der Waals surface area contributed by atoms with Crippen molar-refractivity contribution in [3.05, 3.63) is 60.3 Å². The van der Waals surface area contributed by atoms with Crippen molar-refractivity contribution < 1.29 is 20.1 Å². The van der Waals surface area contributed by atoms with Gasteiger partial charge in [-0.05, 0) is 30.3 Å². The van der Waals surface area contributed by atoms with E-state index in [1.165, 1.54) is 24.1 Å². The molecular formula is C23H24Br2N4O4. The molecule has 8 nitrogen and oxygen atoms in total. The SMILES string of the molecule is Br.Br.CN(C)c1ccc(-c2ccc3[nH]c(C(=O)N(C)c4cc(O)c(O)c(O)c4)cc3n2)cc1. The van der Waals surface area contributed by atoms with Crippen molar-refractivity contribution in [2.75, 3.05) is 30.9 Å². The van der Waals surface area contributed by atoms with Crippen LogP contribution in [0.3, 0.4) is 0 Å². The molecule has 0 saturated carbocycles. The number of hydrogen-bond acceptors (Lipinski definition) is 6. The smallest absolute Gasteiger partial charge is 0.274 e. The summed E-state index contributed by atoms with van der Waals surface area (Å²) in [6.07, 6.45) is 0. The van der Waals surface area contributed by atoms with Crippen LogP contribution in [0.15, 0.2) is 54.6 Å². The second-order valence-electron chi connectivity index (χ2n) is 7.45. The fraction of sp³-hybridized carbons (Fsp3) is 0.130. The summed E-state index contributed by atoms with van der Waals surface area (Å²) >= 11 is 0. The first-order valence-electron chi connectivity index (χ1n) is 9.55. The van der Waals surface area contributed by atoms with E-state index in [9.17, 15) is 20.1 Å². The number of carbonyl (C=O) groups excluding carboxylic acids is 1. The normalized spacial score (nSPS) is 10.3. The van der Waals surface area contributed by atoms with Crippen LogP contribution in [0.4, 0.5) is 11.4 Å². The van der Waals surface area contributed by atoms with Gasteiger partial charge >= 0.3 is 0 Å². The first kappa shape index (κ1) is 26.0. The van der Waals surface area contributed by atoms with Gasteiger partial charge < -0.3 is 30.1 Å². The first-order chi connectivity index (χ1) is 14.7. The van der Waals surface area contributed by atoms with Crippen LogP contribution in [0.25, 0.3) is 22.3 Å². The van der Waals surface area contributed by atoms with E-state index >= 15 is 0 Å². The lowest BCUT2D eigenvalue weighted by atomic mass is 10.1. The Morgan fingerprint density at radius 2 is 1.45 bits per heavy atom. The van der Waals surface area contributed by atoms with E-state index in [0.29, 0.717) is 16.7 Å². The van der Waals surface area contributed by atoms with Gasteiger partial charge in [-0.15, -0.1) is 34.0 Å². The Kier molecular flexibility index (Phi) is 7.99. The van der Waals surface area contributed by atoms with E-state index in [4.69, 9.17) is 0 Å². The molecule has 0 saturated heterocycles. The number of aromatic amines is 1. The molecule has 2 aromatic carbocycles. The van der Waals surface area contributed by atoms with Crippen molar-refractivity contribution in [1.29, 1.82) is 0 Å². The number of halogens is 2. The summed E-state index contributed by atoms with van der Waals surface area (Å²) in [4.78, 5) is 23.9. The van der Waals surface area contributed by atoms with Crippen LogP contribution in [-0.4, -0.2) is 52.3 Å². The topological polar surface area (TPSA) is 113 Å². The third-order valence-electron chi connectivity index (χ3n) is 5.13. The average molecular weight is 580 g/mol. The van der Waals surface area contributed by atoms with Crippen molar-refractivity contribution in [1.82, 2.24) is 9.97 Å². The molecule has 0 unspecified atom stereocenters. The van der Waals surface area contributed by atoms with Crippen molar-refractivity contribution >= 4 is 62.3 Å². The monoisotopic (exact) mass is 578 g/mol. The van der Waals surface area contributed by atoms with E-state index < -0.39 is 17.2 Å². The summed E-state index contributed by atoms with van der Waals surface area (Å²) in [6, 6.07) is 15.8. The van der Waals surface area contributed by atoms with Crippen molar-refractivity contribution in [3.63, 3.8) is 0 Å². The molecule has 4 N–H and O–H groups in total. The summed E-state index contributed by atoms with van der Waals surface area (Å²) < 4.78 is 0. The molecule has 0 fully saturated rings. The molecule has 2 aromatic heterocycles. The number of amides is 1. The zero-order chi connectivity index (χ0) is 22.3. The number of anilines is 2. The van der Waals surface area contributed by atoms with Crippen LogP contribution < -0.4 is 9.80 Å².